The highest BCUT2D eigenvalue weighted by Crippen LogP contribution is 2.32. The molecule has 0 radical (unpaired) electrons. The number of aromatic nitrogens is 2. The van der Waals surface area contributed by atoms with Gasteiger partial charge in [-0.2, -0.15) is 0 Å². The molecule has 1 saturated heterocycles. The number of nitrogens with one attached hydrogen (secondary N) is 2. The van der Waals surface area contributed by atoms with Crippen LogP contribution >= 0.6 is 0 Å². The van der Waals surface area contributed by atoms with Gasteiger partial charge in [-0.3, -0.25) is 4.79 Å². The van der Waals surface area contributed by atoms with Gasteiger partial charge >= 0.3 is 0 Å². The SMILES string of the molecule is CN1CC[C@](C)(c2nc3c([nH]2)CCCNC3=O)C1. The maximum Gasteiger partial charge on any atom is 0.271 e. The first kappa shape index (κ1) is 11.7. The summed E-state index contributed by atoms with van der Waals surface area (Å²) >= 11 is 0. The molecule has 1 amide bonds. The van der Waals surface area contributed by atoms with E-state index in [2.05, 4.69) is 34.2 Å². The fourth-order valence-electron chi connectivity index (χ4n) is 3.00. The molecule has 0 spiro atoms. The van der Waals surface area contributed by atoms with Gasteiger partial charge in [-0.05, 0) is 32.9 Å². The molecule has 0 unspecified atom stereocenters. The van der Waals surface area contributed by atoms with Crippen molar-refractivity contribution in [2.45, 2.75) is 31.6 Å². The van der Waals surface area contributed by atoms with Crippen LogP contribution in [0.25, 0.3) is 0 Å². The number of fused-ring (bicyclic) bond motifs is 1. The summed E-state index contributed by atoms with van der Waals surface area (Å²) in [6, 6.07) is 0. The molecule has 3 heterocycles. The van der Waals surface area contributed by atoms with Crippen LogP contribution in [0.15, 0.2) is 0 Å². The fraction of sp³-hybridized carbons (Fsp3) is 0.692. The summed E-state index contributed by atoms with van der Waals surface area (Å²) in [6.07, 6.45) is 2.99. The van der Waals surface area contributed by atoms with Gasteiger partial charge in [0.1, 0.15) is 11.5 Å². The Morgan fingerprint density at radius 3 is 3.00 bits per heavy atom. The third kappa shape index (κ3) is 1.82. The summed E-state index contributed by atoms with van der Waals surface area (Å²) in [4.78, 5) is 22.2. The number of likely N-dealkylation sites (N-methyl/N-ethyl adjacent to an activating group) is 1. The summed E-state index contributed by atoms with van der Waals surface area (Å²) in [7, 11) is 2.13. The largest absolute Gasteiger partial charge is 0.351 e. The minimum Gasteiger partial charge on any atom is -0.351 e. The van der Waals surface area contributed by atoms with Crippen molar-refractivity contribution in [3.8, 4) is 0 Å². The lowest BCUT2D eigenvalue weighted by Gasteiger charge is -2.20. The van der Waals surface area contributed by atoms with Gasteiger partial charge in [0.2, 0.25) is 0 Å². The molecule has 0 saturated carbocycles. The zero-order chi connectivity index (χ0) is 12.8. The van der Waals surface area contributed by atoms with E-state index in [1.807, 2.05) is 0 Å². The monoisotopic (exact) mass is 248 g/mol. The number of hydrogen-bond donors (Lipinski definition) is 2. The predicted octanol–water partition coefficient (Wildman–Crippen LogP) is 0.679. The second kappa shape index (κ2) is 4.09. The topological polar surface area (TPSA) is 61.0 Å². The predicted molar refractivity (Wildman–Crippen MR) is 68.7 cm³/mol. The fourth-order valence-corrected chi connectivity index (χ4v) is 3.00. The van der Waals surface area contributed by atoms with Crippen LogP contribution in [-0.4, -0.2) is 47.5 Å². The van der Waals surface area contributed by atoms with E-state index in [0.29, 0.717) is 5.69 Å². The first-order valence-corrected chi connectivity index (χ1v) is 6.65. The van der Waals surface area contributed by atoms with E-state index in [4.69, 9.17) is 0 Å². The van der Waals surface area contributed by atoms with Gasteiger partial charge in [0.25, 0.3) is 5.91 Å². The van der Waals surface area contributed by atoms with Crippen molar-refractivity contribution in [1.82, 2.24) is 20.2 Å². The molecule has 1 aromatic rings. The van der Waals surface area contributed by atoms with E-state index in [1.54, 1.807) is 0 Å². The molecule has 18 heavy (non-hydrogen) atoms. The van der Waals surface area contributed by atoms with Crippen LogP contribution in [0.4, 0.5) is 0 Å². The number of aromatic amines is 1. The number of amides is 1. The van der Waals surface area contributed by atoms with Crippen LogP contribution in [0.2, 0.25) is 0 Å². The Morgan fingerprint density at radius 2 is 2.28 bits per heavy atom. The van der Waals surface area contributed by atoms with E-state index in [9.17, 15) is 4.79 Å². The number of carbonyl (C=O) groups is 1. The molecule has 2 aliphatic rings. The Kier molecular flexibility index (Phi) is 2.66. The maximum atomic E-state index is 11.9. The van der Waals surface area contributed by atoms with E-state index in [-0.39, 0.29) is 11.3 Å². The third-order valence-corrected chi connectivity index (χ3v) is 4.12. The first-order valence-electron chi connectivity index (χ1n) is 6.65. The van der Waals surface area contributed by atoms with Gasteiger partial charge in [0, 0.05) is 24.2 Å². The molecular weight excluding hydrogens is 228 g/mol. The molecule has 1 fully saturated rings. The number of aryl methyl sites for hydroxylation is 1. The number of rotatable bonds is 1. The Labute approximate surface area is 107 Å². The zero-order valence-corrected chi connectivity index (χ0v) is 11.0. The maximum absolute atomic E-state index is 11.9. The molecule has 1 atom stereocenters. The van der Waals surface area contributed by atoms with Crippen LogP contribution < -0.4 is 5.32 Å². The van der Waals surface area contributed by atoms with Crippen molar-refractivity contribution in [1.29, 1.82) is 0 Å². The molecule has 2 N–H and O–H groups in total. The van der Waals surface area contributed by atoms with Crippen LogP contribution in [0.3, 0.4) is 0 Å². The van der Waals surface area contributed by atoms with Crippen molar-refractivity contribution in [3.63, 3.8) is 0 Å². The van der Waals surface area contributed by atoms with Gasteiger partial charge in [-0.25, -0.2) is 4.98 Å². The molecule has 2 aliphatic heterocycles. The quantitative estimate of drug-likeness (QED) is 0.768. The molecule has 1 aromatic heterocycles. The second-order valence-electron chi connectivity index (χ2n) is 5.82. The summed E-state index contributed by atoms with van der Waals surface area (Å²) in [5.41, 5.74) is 1.68. The van der Waals surface area contributed by atoms with E-state index in [1.165, 1.54) is 0 Å². The molecular formula is C13H20N4O. The van der Waals surface area contributed by atoms with E-state index in [0.717, 1.165) is 50.4 Å². The average molecular weight is 248 g/mol. The van der Waals surface area contributed by atoms with E-state index >= 15 is 0 Å². The Hall–Kier alpha value is -1.36. The lowest BCUT2D eigenvalue weighted by molar-refractivity contribution is 0.0951. The van der Waals surface area contributed by atoms with Crippen molar-refractivity contribution >= 4 is 5.91 Å². The van der Waals surface area contributed by atoms with Crippen molar-refractivity contribution in [2.75, 3.05) is 26.7 Å². The number of imidazole rings is 1. The van der Waals surface area contributed by atoms with Crippen molar-refractivity contribution < 1.29 is 4.79 Å². The summed E-state index contributed by atoms with van der Waals surface area (Å²) < 4.78 is 0. The lowest BCUT2D eigenvalue weighted by Crippen LogP contribution is -2.28. The highest BCUT2D eigenvalue weighted by Gasteiger charge is 2.37. The molecule has 3 rings (SSSR count). The highest BCUT2D eigenvalue weighted by atomic mass is 16.1. The molecule has 5 heteroatoms. The standard InChI is InChI=1S/C13H20N4O/c1-13(5-7-17(2)8-13)12-15-9-4-3-6-14-11(18)10(9)16-12/h3-8H2,1-2H3,(H,14,18)(H,15,16)/t13-/m0/s1. The van der Waals surface area contributed by atoms with Crippen molar-refractivity contribution in [3.05, 3.63) is 17.2 Å². The van der Waals surface area contributed by atoms with Gasteiger partial charge in [-0.15, -0.1) is 0 Å². The van der Waals surface area contributed by atoms with Crippen LogP contribution in [0.5, 0.6) is 0 Å². The van der Waals surface area contributed by atoms with Crippen molar-refractivity contribution in [2.24, 2.45) is 0 Å². The number of likely N-dealkylation sites (tertiary alicyclic amines) is 1. The number of carbonyl (C=O) groups excluding carboxylic acids is 1. The number of hydrogen-bond acceptors (Lipinski definition) is 3. The summed E-state index contributed by atoms with van der Waals surface area (Å²) in [6.45, 7) is 5.07. The van der Waals surface area contributed by atoms with Gasteiger partial charge < -0.3 is 15.2 Å². The molecule has 0 aliphatic carbocycles. The third-order valence-electron chi connectivity index (χ3n) is 4.12. The normalized spacial score (nSPS) is 28.9. The Bertz CT molecular complexity index is 481. The molecule has 0 aromatic carbocycles. The first-order chi connectivity index (χ1) is 8.58. The number of nitrogens with zero attached hydrogens (tertiary/aromatic N) is 2. The van der Waals surface area contributed by atoms with Gasteiger partial charge in [0.05, 0.1) is 0 Å². The molecule has 5 nitrogen and oxygen atoms in total. The average Bonchev–Trinajstić information content (AvgIpc) is 2.86. The highest BCUT2D eigenvalue weighted by molar-refractivity contribution is 5.93. The zero-order valence-electron chi connectivity index (χ0n) is 11.0. The summed E-state index contributed by atoms with van der Waals surface area (Å²) in [5.74, 6) is 0.953. The minimum atomic E-state index is -0.0278. The van der Waals surface area contributed by atoms with E-state index < -0.39 is 0 Å². The number of H-pyrrole nitrogens is 1. The van der Waals surface area contributed by atoms with Crippen LogP contribution in [0, 0.1) is 0 Å². The Morgan fingerprint density at radius 1 is 1.44 bits per heavy atom. The Balaban J connectivity index is 1.95. The molecule has 98 valence electrons. The smallest absolute Gasteiger partial charge is 0.271 e. The lowest BCUT2D eigenvalue weighted by atomic mass is 9.89. The van der Waals surface area contributed by atoms with Gasteiger partial charge in [0.15, 0.2) is 0 Å². The van der Waals surface area contributed by atoms with Crippen LogP contribution in [0.1, 0.15) is 41.8 Å². The van der Waals surface area contributed by atoms with Crippen LogP contribution in [-0.2, 0) is 11.8 Å². The van der Waals surface area contributed by atoms with Gasteiger partial charge in [-0.1, -0.05) is 6.92 Å². The minimum absolute atomic E-state index is 0.0278. The second-order valence-corrected chi connectivity index (χ2v) is 5.82. The molecule has 0 bridgehead atoms. The summed E-state index contributed by atoms with van der Waals surface area (Å²) in [5, 5.41) is 2.89.